The molecule has 0 aromatic heterocycles. The Kier molecular flexibility index (Phi) is 6.42. The van der Waals surface area contributed by atoms with Gasteiger partial charge < -0.3 is 9.53 Å². The van der Waals surface area contributed by atoms with Crippen molar-refractivity contribution in [2.75, 3.05) is 13.7 Å². The van der Waals surface area contributed by atoms with Gasteiger partial charge in [0.1, 0.15) is 28.8 Å². The lowest BCUT2D eigenvalue weighted by Crippen LogP contribution is -2.28. The smallest absolute Gasteiger partial charge is 0.134 e. The van der Waals surface area contributed by atoms with E-state index in [4.69, 9.17) is 4.74 Å². The SMILES string of the molecule is COc1ccc([C@@H]2[C@@H](CC=O)[C@@H](C(C)=O)CN2S(=O)c2ccc(C)cc2)cc1. The van der Waals surface area contributed by atoms with Gasteiger partial charge in [-0.05, 0) is 49.6 Å². The number of aldehydes is 1. The summed E-state index contributed by atoms with van der Waals surface area (Å²) < 4.78 is 20.5. The van der Waals surface area contributed by atoms with Crippen LogP contribution < -0.4 is 4.74 Å². The summed E-state index contributed by atoms with van der Waals surface area (Å²) in [6.07, 6.45) is 1.11. The quantitative estimate of drug-likeness (QED) is 0.669. The molecule has 1 heterocycles. The van der Waals surface area contributed by atoms with Crippen molar-refractivity contribution in [3.05, 3.63) is 59.7 Å². The monoisotopic (exact) mass is 399 g/mol. The van der Waals surface area contributed by atoms with Gasteiger partial charge >= 0.3 is 0 Å². The number of ether oxygens (including phenoxy) is 1. The zero-order valence-electron chi connectivity index (χ0n) is 16.3. The summed E-state index contributed by atoms with van der Waals surface area (Å²) in [5, 5.41) is 0. The topological polar surface area (TPSA) is 63.7 Å². The molecule has 2 aromatic rings. The maximum absolute atomic E-state index is 13.4. The molecular formula is C22H25NO4S. The number of methoxy groups -OCH3 is 1. The van der Waals surface area contributed by atoms with Crippen LogP contribution in [0.5, 0.6) is 5.75 Å². The average Bonchev–Trinajstić information content (AvgIpc) is 3.08. The normalized spacial score (nSPS) is 23.3. The number of rotatable bonds is 7. The Hall–Kier alpha value is -2.31. The number of hydrogen-bond acceptors (Lipinski definition) is 4. The van der Waals surface area contributed by atoms with E-state index in [1.54, 1.807) is 14.0 Å². The summed E-state index contributed by atoms with van der Waals surface area (Å²) in [4.78, 5) is 24.4. The van der Waals surface area contributed by atoms with Crippen molar-refractivity contribution in [2.24, 2.45) is 11.8 Å². The first-order valence-corrected chi connectivity index (χ1v) is 10.4. The first-order chi connectivity index (χ1) is 13.5. The molecule has 6 heteroatoms. The van der Waals surface area contributed by atoms with Crippen LogP contribution in [-0.4, -0.2) is 34.2 Å². The Balaban J connectivity index is 2.03. The minimum Gasteiger partial charge on any atom is -0.497 e. The minimum atomic E-state index is -1.43. The van der Waals surface area contributed by atoms with E-state index in [2.05, 4.69) is 0 Å². The van der Waals surface area contributed by atoms with Gasteiger partial charge in [-0.2, -0.15) is 0 Å². The van der Waals surface area contributed by atoms with E-state index < -0.39 is 11.0 Å². The lowest BCUT2D eigenvalue weighted by Gasteiger charge is -2.27. The lowest BCUT2D eigenvalue weighted by molar-refractivity contribution is -0.121. The zero-order chi connectivity index (χ0) is 20.3. The fraction of sp³-hybridized carbons (Fsp3) is 0.364. The highest BCUT2D eigenvalue weighted by Crippen LogP contribution is 2.44. The number of carbonyl (C=O) groups is 2. The molecule has 4 atom stereocenters. The molecule has 0 amide bonds. The molecule has 1 unspecified atom stereocenters. The van der Waals surface area contributed by atoms with E-state index in [1.165, 1.54) is 0 Å². The molecular weight excluding hydrogens is 374 g/mol. The van der Waals surface area contributed by atoms with Gasteiger partial charge in [0.15, 0.2) is 0 Å². The highest BCUT2D eigenvalue weighted by molar-refractivity contribution is 7.82. The van der Waals surface area contributed by atoms with Crippen molar-refractivity contribution in [1.82, 2.24) is 4.31 Å². The molecule has 1 aliphatic rings. The Morgan fingerprint density at radius 2 is 1.82 bits per heavy atom. The lowest BCUT2D eigenvalue weighted by atomic mass is 9.83. The van der Waals surface area contributed by atoms with Crippen LogP contribution in [0.25, 0.3) is 0 Å². The van der Waals surface area contributed by atoms with Crippen LogP contribution in [0.3, 0.4) is 0 Å². The van der Waals surface area contributed by atoms with E-state index in [9.17, 15) is 13.8 Å². The molecule has 0 radical (unpaired) electrons. The number of aryl methyl sites for hydroxylation is 1. The number of nitrogens with zero attached hydrogens (tertiary/aromatic N) is 1. The van der Waals surface area contributed by atoms with E-state index in [1.807, 2.05) is 59.8 Å². The number of ketones is 1. The Labute approximate surface area is 168 Å². The van der Waals surface area contributed by atoms with Crippen LogP contribution in [0.15, 0.2) is 53.4 Å². The molecule has 1 fully saturated rings. The fourth-order valence-electron chi connectivity index (χ4n) is 3.89. The molecule has 0 N–H and O–H groups in total. The summed E-state index contributed by atoms with van der Waals surface area (Å²) in [5.74, 6) is 0.210. The molecule has 3 rings (SSSR count). The Bertz CT molecular complexity index is 863. The van der Waals surface area contributed by atoms with Gasteiger partial charge in [-0.3, -0.25) is 4.79 Å². The van der Waals surface area contributed by atoms with Gasteiger partial charge in [0.05, 0.1) is 18.0 Å². The second kappa shape index (κ2) is 8.80. The Morgan fingerprint density at radius 3 is 2.36 bits per heavy atom. The third-order valence-electron chi connectivity index (χ3n) is 5.39. The average molecular weight is 400 g/mol. The highest BCUT2D eigenvalue weighted by Gasteiger charge is 2.46. The maximum atomic E-state index is 13.4. The van der Waals surface area contributed by atoms with E-state index in [0.717, 1.165) is 23.2 Å². The van der Waals surface area contributed by atoms with Crippen molar-refractivity contribution in [3.63, 3.8) is 0 Å². The van der Waals surface area contributed by atoms with Gasteiger partial charge in [-0.1, -0.05) is 29.8 Å². The van der Waals surface area contributed by atoms with Crippen molar-refractivity contribution in [2.45, 2.75) is 31.2 Å². The molecule has 0 bridgehead atoms. The highest BCUT2D eigenvalue weighted by atomic mass is 32.2. The summed E-state index contributed by atoms with van der Waals surface area (Å²) >= 11 is 0. The molecule has 1 aliphatic heterocycles. The van der Waals surface area contributed by atoms with Gasteiger partial charge in [0, 0.05) is 18.9 Å². The van der Waals surface area contributed by atoms with Crippen LogP contribution in [-0.2, 0) is 20.6 Å². The number of Topliss-reactive ketones (excluding diaryl/α,β-unsaturated/α-hetero) is 1. The van der Waals surface area contributed by atoms with Crippen molar-refractivity contribution in [3.8, 4) is 5.75 Å². The van der Waals surface area contributed by atoms with Gasteiger partial charge in [-0.25, -0.2) is 8.51 Å². The number of benzene rings is 2. The third-order valence-corrected chi connectivity index (χ3v) is 6.87. The van der Waals surface area contributed by atoms with Crippen LogP contribution in [0.2, 0.25) is 0 Å². The number of carbonyl (C=O) groups excluding carboxylic acids is 2. The zero-order valence-corrected chi connectivity index (χ0v) is 17.1. The van der Waals surface area contributed by atoms with Crippen molar-refractivity contribution in [1.29, 1.82) is 0 Å². The van der Waals surface area contributed by atoms with Crippen LogP contribution >= 0.6 is 0 Å². The predicted molar refractivity (Wildman–Crippen MR) is 108 cm³/mol. The first kappa shape index (κ1) is 20.4. The van der Waals surface area contributed by atoms with Crippen molar-refractivity contribution < 1.29 is 18.5 Å². The van der Waals surface area contributed by atoms with Crippen LogP contribution in [0.1, 0.15) is 30.5 Å². The van der Waals surface area contributed by atoms with E-state index >= 15 is 0 Å². The van der Waals surface area contributed by atoms with Crippen molar-refractivity contribution >= 4 is 23.1 Å². The Morgan fingerprint density at radius 1 is 1.18 bits per heavy atom. The summed E-state index contributed by atoms with van der Waals surface area (Å²) in [6.45, 7) is 3.89. The van der Waals surface area contributed by atoms with Crippen LogP contribution in [0.4, 0.5) is 0 Å². The third kappa shape index (κ3) is 4.08. The van der Waals surface area contributed by atoms with E-state index in [0.29, 0.717) is 11.4 Å². The molecule has 0 spiro atoms. The molecule has 28 heavy (non-hydrogen) atoms. The summed E-state index contributed by atoms with van der Waals surface area (Å²) in [6, 6.07) is 14.8. The molecule has 148 valence electrons. The largest absolute Gasteiger partial charge is 0.497 e. The summed E-state index contributed by atoms with van der Waals surface area (Å²) in [7, 11) is 0.169. The van der Waals surface area contributed by atoms with Crippen LogP contribution in [0, 0.1) is 18.8 Å². The second-order valence-corrected chi connectivity index (χ2v) is 8.60. The molecule has 1 saturated heterocycles. The second-order valence-electron chi connectivity index (χ2n) is 7.16. The first-order valence-electron chi connectivity index (χ1n) is 9.29. The summed E-state index contributed by atoms with van der Waals surface area (Å²) in [5.41, 5.74) is 2.02. The van der Waals surface area contributed by atoms with Gasteiger partial charge in [0.2, 0.25) is 0 Å². The van der Waals surface area contributed by atoms with E-state index in [-0.39, 0.29) is 30.1 Å². The molecule has 5 nitrogen and oxygen atoms in total. The molecule has 0 aliphatic carbocycles. The van der Waals surface area contributed by atoms with Gasteiger partial charge in [-0.15, -0.1) is 0 Å². The minimum absolute atomic E-state index is 0.0220. The fourth-order valence-corrected chi connectivity index (χ4v) is 5.31. The van der Waals surface area contributed by atoms with Gasteiger partial charge in [0.25, 0.3) is 0 Å². The molecule has 2 aromatic carbocycles. The predicted octanol–water partition coefficient (Wildman–Crippen LogP) is 3.49. The molecule has 0 saturated carbocycles. The number of hydrogen-bond donors (Lipinski definition) is 0. The maximum Gasteiger partial charge on any atom is 0.134 e. The standard InChI is InChI=1S/C22H25NO4S/c1-15-4-10-19(11-5-15)28(26)23-14-21(16(2)25)20(12-13-24)22(23)17-6-8-18(27-3)9-7-17/h4-11,13,20-22H,12,14H2,1-3H3/t20-,21+,22+,28?/m0/s1.